The van der Waals surface area contributed by atoms with Crippen molar-refractivity contribution in [2.75, 3.05) is 10.0 Å². The number of nitrogens with zero attached hydrogens (tertiary/aromatic N) is 4. The van der Waals surface area contributed by atoms with Crippen LogP contribution in [-0.4, -0.2) is 40.0 Å². The maximum Gasteiger partial charge on any atom is 0.278 e. The van der Waals surface area contributed by atoms with Gasteiger partial charge in [0, 0.05) is 23.7 Å². The van der Waals surface area contributed by atoms with Crippen molar-refractivity contribution in [3.8, 4) is 11.3 Å². The molecule has 4 aromatic rings. The quantitative estimate of drug-likeness (QED) is 0.283. The van der Waals surface area contributed by atoms with Gasteiger partial charge in [-0.3, -0.25) is 14.1 Å². The fourth-order valence-electron chi connectivity index (χ4n) is 4.79. The maximum atomic E-state index is 15.1. The maximum absolute atomic E-state index is 15.1. The van der Waals surface area contributed by atoms with Gasteiger partial charge < -0.3 is 11.1 Å². The van der Waals surface area contributed by atoms with Crippen LogP contribution in [0.15, 0.2) is 58.4 Å². The average Bonchev–Trinajstić information content (AvgIpc) is 2.90. The Hall–Kier alpha value is -3.61. The highest BCUT2D eigenvalue weighted by molar-refractivity contribution is 7.92. The van der Waals surface area contributed by atoms with Gasteiger partial charge in [-0.25, -0.2) is 22.8 Å². The second kappa shape index (κ2) is 11.1. The molecule has 5 rings (SSSR count). The predicted molar refractivity (Wildman–Crippen MR) is 153 cm³/mol. The lowest BCUT2D eigenvalue weighted by Gasteiger charge is -2.26. The number of nitrogens with two attached hydrogens (primary N) is 1. The van der Waals surface area contributed by atoms with Gasteiger partial charge in [-0.1, -0.05) is 29.8 Å². The van der Waals surface area contributed by atoms with Crippen molar-refractivity contribution in [2.24, 2.45) is 5.73 Å². The molecule has 0 aliphatic heterocycles. The molecular formula is C27H29ClFN7O3S. The van der Waals surface area contributed by atoms with Crippen LogP contribution >= 0.6 is 11.6 Å². The molecular weight excluding hydrogens is 557 g/mol. The summed E-state index contributed by atoms with van der Waals surface area (Å²) < 4.78 is 44.4. The highest BCUT2D eigenvalue weighted by Crippen LogP contribution is 2.28. The fraction of sp³-hybridized carbons (Fsp3) is 0.333. The molecule has 0 saturated heterocycles. The molecule has 0 unspecified atom stereocenters. The Morgan fingerprint density at radius 3 is 2.50 bits per heavy atom. The van der Waals surface area contributed by atoms with E-state index in [9.17, 15) is 13.2 Å². The monoisotopic (exact) mass is 585 g/mol. The molecule has 2 aromatic heterocycles. The first-order valence-electron chi connectivity index (χ1n) is 12.9. The molecule has 0 bridgehead atoms. The summed E-state index contributed by atoms with van der Waals surface area (Å²) in [6.45, 7) is 3.69. The van der Waals surface area contributed by atoms with Crippen molar-refractivity contribution in [3.05, 3.63) is 69.9 Å². The molecule has 0 atom stereocenters. The van der Waals surface area contributed by atoms with E-state index in [1.165, 1.54) is 41.1 Å². The third-order valence-corrected chi connectivity index (χ3v) is 8.73. The molecule has 1 saturated carbocycles. The van der Waals surface area contributed by atoms with Crippen LogP contribution in [0.25, 0.3) is 22.4 Å². The lowest BCUT2D eigenvalue weighted by molar-refractivity contribution is 0.410. The molecule has 1 fully saturated rings. The first-order valence-corrected chi connectivity index (χ1v) is 14.8. The van der Waals surface area contributed by atoms with Gasteiger partial charge in [0.15, 0.2) is 5.65 Å². The van der Waals surface area contributed by atoms with Crippen molar-refractivity contribution in [3.63, 3.8) is 0 Å². The van der Waals surface area contributed by atoms with Gasteiger partial charge in [0.1, 0.15) is 21.9 Å². The topological polar surface area (TPSA) is 145 Å². The first kappa shape index (κ1) is 27.9. The largest absolute Gasteiger partial charge is 0.351 e. The standard InChI is InChI=1S/C27H29ClFN7O3S/c1-15(2)36-25-22(14-31-27(34-25)32-18-10-8-17(30)9-11-18)33-24(26(36)37)16-7-12-21(20(29)13-16)35-40(38,39)23-6-4-3-5-19(23)28/h3-7,12-15,17-18,35H,8-11,30H2,1-2H3,(H,31,32,34)/t17-,18-. The van der Waals surface area contributed by atoms with Crippen LogP contribution in [0, 0.1) is 5.82 Å². The van der Waals surface area contributed by atoms with Gasteiger partial charge in [0.2, 0.25) is 5.95 Å². The molecule has 1 aliphatic carbocycles. The summed E-state index contributed by atoms with van der Waals surface area (Å²) in [5.41, 5.74) is 6.15. The molecule has 210 valence electrons. The molecule has 40 heavy (non-hydrogen) atoms. The number of sulfonamides is 1. The Bertz CT molecular complexity index is 1740. The summed E-state index contributed by atoms with van der Waals surface area (Å²) in [6.07, 6.45) is 5.19. The SMILES string of the molecule is CC(C)n1c(=O)c(-c2ccc(NS(=O)(=O)c3ccccc3Cl)c(F)c2)nc2cnc(N[C@H]3CC[C@H](N)CC3)nc21. The third-order valence-electron chi connectivity index (χ3n) is 6.87. The van der Waals surface area contributed by atoms with Gasteiger partial charge in [0.05, 0.1) is 16.9 Å². The van der Waals surface area contributed by atoms with Gasteiger partial charge in [-0.05, 0) is 63.8 Å². The lowest BCUT2D eigenvalue weighted by Crippen LogP contribution is -2.33. The minimum atomic E-state index is -4.15. The molecule has 2 heterocycles. The minimum absolute atomic E-state index is 0.00476. The number of nitrogens with one attached hydrogen (secondary N) is 2. The van der Waals surface area contributed by atoms with E-state index in [4.69, 9.17) is 17.3 Å². The summed E-state index contributed by atoms with van der Waals surface area (Å²) in [4.78, 5) is 26.8. The van der Waals surface area contributed by atoms with Gasteiger partial charge in [-0.2, -0.15) is 4.98 Å². The second-order valence-corrected chi connectivity index (χ2v) is 12.2. The van der Waals surface area contributed by atoms with Crippen LogP contribution in [0.5, 0.6) is 0 Å². The van der Waals surface area contributed by atoms with Crippen LogP contribution in [0.1, 0.15) is 45.6 Å². The summed E-state index contributed by atoms with van der Waals surface area (Å²) >= 11 is 6.01. The molecule has 10 nitrogen and oxygen atoms in total. The van der Waals surface area contributed by atoms with Crippen LogP contribution in [0.3, 0.4) is 0 Å². The zero-order valence-corrected chi connectivity index (χ0v) is 23.5. The Labute approximate surface area is 235 Å². The summed E-state index contributed by atoms with van der Waals surface area (Å²) in [6, 6.07) is 9.71. The normalized spacial score (nSPS) is 17.8. The number of aromatic nitrogens is 4. The van der Waals surface area contributed by atoms with Crippen molar-refractivity contribution >= 4 is 44.4 Å². The highest BCUT2D eigenvalue weighted by atomic mass is 35.5. The molecule has 13 heteroatoms. The van der Waals surface area contributed by atoms with E-state index in [-0.39, 0.29) is 45.0 Å². The van der Waals surface area contributed by atoms with E-state index in [0.29, 0.717) is 17.1 Å². The van der Waals surface area contributed by atoms with E-state index in [1.54, 1.807) is 6.07 Å². The van der Waals surface area contributed by atoms with Crippen LogP contribution < -0.4 is 21.3 Å². The van der Waals surface area contributed by atoms with E-state index in [0.717, 1.165) is 31.7 Å². The molecule has 2 aromatic carbocycles. The Morgan fingerprint density at radius 2 is 1.82 bits per heavy atom. The van der Waals surface area contributed by atoms with Crippen LogP contribution in [0.4, 0.5) is 16.0 Å². The first-order chi connectivity index (χ1) is 19.0. The number of hydrogen-bond donors (Lipinski definition) is 3. The number of rotatable bonds is 7. The van der Waals surface area contributed by atoms with Gasteiger partial charge in [-0.15, -0.1) is 0 Å². The van der Waals surface area contributed by atoms with Crippen molar-refractivity contribution in [2.45, 2.75) is 62.6 Å². The highest BCUT2D eigenvalue weighted by Gasteiger charge is 2.23. The molecule has 1 aliphatic rings. The van der Waals surface area contributed by atoms with E-state index in [1.807, 2.05) is 13.8 Å². The second-order valence-electron chi connectivity index (χ2n) is 10.1. The Kier molecular flexibility index (Phi) is 7.76. The molecule has 0 spiro atoms. The number of halogens is 2. The van der Waals surface area contributed by atoms with Crippen molar-refractivity contribution < 1.29 is 12.8 Å². The smallest absolute Gasteiger partial charge is 0.278 e. The summed E-state index contributed by atoms with van der Waals surface area (Å²) in [5, 5.41) is 3.34. The van der Waals surface area contributed by atoms with E-state index < -0.39 is 21.4 Å². The zero-order valence-electron chi connectivity index (χ0n) is 21.9. The summed E-state index contributed by atoms with van der Waals surface area (Å²) in [5.74, 6) is -0.481. The number of hydrogen-bond acceptors (Lipinski definition) is 8. The van der Waals surface area contributed by atoms with Crippen molar-refractivity contribution in [1.82, 2.24) is 19.5 Å². The van der Waals surface area contributed by atoms with E-state index >= 15 is 4.39 Å². The third kappa shape index (κ3) is 5.65. The van der Waals surface area contributed by atoms with Gasteiger partial charge >= 0.3 is 0 Å². The van der Waals surface area contributed by atoms with Crippen LogP contribution in [0.2, 0.25) is 5.02 Å². The number of anilines is 2. The predicted octanol–water partition coefficient (Wildman–Crippen LogP) is 4.71. The average molecular weight is 586 g/mol. The van der Waals surface area contributed by atoms with E-state index in [2.05, 4.69) is 25.0 Å². The molecule has 0 radical (unpaired) electrons. The van der Waals surface area contributed by atoms with Gasteiger partial charge in [0.25, 0.3) is 15.6 Å². The lowest BCUT2D eigenvalue weighted by atomic mass is 9.92. The van der Waals surface area contributed by atoms with Crippen molar-refractivity contribution in [1.29, 1.82) is 0 Å². The zero-order chi connectivity index (χ0) is 28.6. The Balaban J connectivity index is 1.48. The minimum Gasteiger partial charge on any atom is -0.351 e. The number of fused-ring (bicyclic) bond motifs is 1. The molecule has 0 amide bonds. The Morgan fingerprint density at radius 1 is 1.10 bits per heavy atom. The fourth-order valence-corrected chi connectivity index (χ4v) is 6.38. The van der Waals surface area contributed by atoms with Crippen LogP contribution in [-0.2, 0) is 10.0 Å². The molecule has 4 N–H and O–H groups in total. The summed E-state index contributed by atoms with van der Waals surface area (Å²) in [7, 11) is -4.15. The number of benzene rings is 2.